The molecule has 0 aliphatic heterocycles. The van der Waals surface area contributed by atoms with Gasteiger partial charge < -0.3 is 15.4 Å². The number of benzene rings is 1. The lowest BCUT2D eigenvalue weighted by molar-refractivity contribution is -0.121. The maximum Gasteiger partial charge on any atom is 0.234 e. The van der Waals surface area contributed by atoms with Crippen LogP contribution in [0.3, 0.4) is 0 Å². The third-order valence-electron chi connectivity index (χ3n) is 3.90. The molecule has 0 unspecified atom stereocenters. The monoisotopic (exact) mass is 276 g/mol. The van der Waals surface area contributed by atoms with Crippen LogP contribution in [0.5, 0.6) is 5.75 Å². The van der Waals surface area contributed by atoms with E-state index in [1.807, 2.05) is 24.3 Å². The van der Waals surface area contributed by atoms with Crippen molar-refractivity contribution in [3.63, 3.8) is 0 Å². The Morgan fingerprint density at radius 3 is 2.55 bits per heavy atom. The molecule has 1 fully saturated rings. The van der Waals surface area contributed by atoms with Crippen LogP contribution in [0.2, 0.25) is 0 Å². The van der Waals surface area contributed by atoms with Crippen LogP contribution in [0, 0.1) is 0 Å². The maximum absolute atomic E-state index is 11.8. The van der Waals surface area contributed by atoms with Gasteiger partial charge in [-0.25, -0.2) is 0 Å². The van der Waals surface area contributed by atoms with Crippen molar-refractivity contribution in [1.29, 1.82) is 0 Å². The number of nitrogens with one attached hydrogen (secondary N) is 2. The Kier molecular flexibility index (Phi) is 5.41. The van der Waals surface area contributed by atoms with Gasteiger partial charge >= 0.3 is 0 Å². The Morgan fingerprint density at radius 1 is 1.30 bits per heavy atom. The Morgan fingerprint density at radius 2 is 1.95 bits per heavy atom. The lowest BCUT2D eigenvalue weighted by Gasteiger charge is -2.16. The van der Waals surface area contributed by atoms with Gasteiger partial charge in [0.05, 0.1) is 13.7 Å². The fourth-order valence-electron chi connectivity index (χ4n) is 2.61. The summed E-state index contributed by atoms with van der Waals surface area (Å²) in [6, 6.07) is 8.45. The molecule has 2 rings (SSSR count). The molecule has 1 saturated carbocycles. The largest absolute Gasteiger partial charge is 0.497 e. The fraction of sp³-hybridized carbons (Fsp3) is 0.562. The first-order valence-corrected chi connectivity index (χ1v) is 7.35. The number of hydrogen-bond acceptors (Lipinski definition) is 3. The van der Waals surface area contributed by atoms with Crippen LogP contribution in [0.4, 0.5) is 0 Å². The molecule has 20 heavy (non-hydrogen) atoms. The predicted octanol–water partition coefficient (Wildman–Crippen LogP) is 2.40. The Bertz CT molecular complexity index is 425. The summed E-state index contributed by atoms with van der Waals surface area (Å²) in [6.45, 7) is 2.42. The first kappa shape index (κ1) is 14.9. The van der Waals surface area contributed by atoms with E-state index in [0.29, 0.717) is 12.6 Å². The molecule has 0 heterocycles. The summed E-state index contributed by atoms with van der Waals surface area (Å²) in [7, 11) is 1.66. The summed E-state index contributed by atoms with van der Waals surface area (Å²) in [5, 5.41) is 6.34. The molecule has 0 spiro atoms. The zero-order chi connectivity index (χ0) is 14.4. The van der Waals surface area contributed by atoms with E-state index in [1.54, 1.807) is 7.11 Å². The molecule has 2 N–H and O–H groups in total. The average Bonchev–Trinajstić information content (AvgIpc) is 2.97. The van der Waals surface area contributed by atoms with Gasteiger partial charge in [-0.2, -0.15) is 0 Å². The smallest absolute Gasteiger partial charge is 0.234 e. The summed E-state index contributed by atoms with van der Waals surface area (Å²) < 4.78 is 5.14. The minimum Gasteiger partial charge on any atom is -0.497 e. The van der Waals surface area contributed by atoms with Crippen LogP contribution < -0.4 is 15.4 Å². The van der Waals surface area contributed by atoms with Crippen molar-refractivity contribution in [3.05, 3.63) is 29.8 Å². The summed E-state index contributed by atoms with van der Waals surface area (Å²) >= 11 is 0. The van der Waals surface area contributed by atoms with Crippen LogP contribution >= 0.6 is 0 Å². The number of rotatable bonds is 6. The average molecular weight is 276 g/mol. The van der Waals surface area contributed by atoms with Crippen molar-refractivity contribution in [3.8, 4) is 5.75 Å². The third-order valence-corrected chi connectivity index (χ3v) is 3.90. The van der Waals surface area contributed by atoms with Crippen LogP contribution in [0.1, 0.15) is 44.2 Å². The standard InChI is InChI=1S/C16H24N2O2/c1-12(13-7-9-15(20-2)10-8-13)17-11-16(19)18-14-5-3-4-6-14/h7-10,12,14,17H,3-6,11H2,1-2H3,(H,18,19)/t12-/m0/s1. The van der Waals surface area contributed by atoms with Gasteiger partial charge in [-0.1, -0.05) is 25.0 Å². The molecule has 0 bridgehead atoms. The van der Waals surface area contributed by atoms with E-state index in [4.69, 9.17) is 4.74 Å². The van der Waals surface area contributed by atoms with Gasteiger partial charge in [0, 0.05) is 12.1 Å². The van der Waals surface area contributed by atoms with Gasteiger partial charge in [-0.05, 0) is 37.5 Å². The lowest BCUT2D eigenvalue weighted by Crippen LogP contribution is -2.39. The molecule has 110 valence electrons. The van der Waals surface area contributed by atoms with Crippen molar-refractivity contribution < 1.29 is 9.53 Å². The second-order valence-corrected chi connectivity index (χ2v) is 5.42. The first-order chi connectivity index (χ1) is 9.69. The van der Waals surface area contributed by atoms with E-state index in [-0.39, 0.29) is 11.9 Å². The highest BCUT2D eigenvalue weighted by atomic mass is 16.5. The Balaban J connectivity index is 1.75. The topological polar surface area (TPSA) is 50.4 Å². The molecule has 1 aliphatic carbocycles. The van der Waals surface area contributed by atoms with E-state index in [9.17, 15) is 4.79 Å². The fourth-order valence-corrected chi connectivity index (χ4v) is 2.61. The first-order valence-electron chi connectivity index (χ1n) is 7.35. The number of carbonyl (C=O) groups is 1. The van der Waals surface area contributed by atoms with E-state index in [0.717, 1.165) is 24.2 Å². The van der Waals surface area contributed by atoms with E-state index >= 15 is 0 Å². The van der Waals surface area contributed by atoms with Crippen molar-refractivity contribution in [2.75, 3.05) is 13.7 Å². The van der Waals surface area contributed by atoms with E-state index in [2.05, 4.69) is 17.6 Å². The van der Waals surface area contributed by atoms with Crippen LogP contribution in [-0.4, -0.2) is 25.6 Å². The molecule has 4 nitrogen and oxygen atoms in total. The van der Waals surface area contributed by atoms with Crippen LogP contribution in [0.25, 0.3) is 0 Å². The summed E-state index contributed by atoms with van der Waals surface area (Å²) in [4.78, 5) is 11.8. The molecule has 1 aromatic rings. The molecule has 1 amide bonds. The molecule has 1 aromatic carbocycles. The highest BCUT2D eigenvalue weighted by molar-refractivity contribution is 5.78. The highest BCUT2D eigenvalue weighted by Crippen LogP contribution is 2.18. The molecule has 0 saturated heterocycles. The zero-order valence-electron chi connectivity index (χ0n) is 12.3. The number of methoxy groups -OCH3 is 1. The number of ether oxygens (including phenoxy) is 1. The van der Waals surface area contributed by atoms with Gasteiger partial charge in [0.1, 0.15) is 5.75 Å². The van der Waals surface area contributed by atoms with E-state index < -0.39 is 0 Å². The van der Waals surface area contributed by atoms with Crippen LogP contribution in [0.15, 0.2) is 24.3 Å². The van der Waals surface area contributed by atoms with Gasteiger partial charge in [0.25, 0.3) is 0 Å². The molecule has 1 atom stereocenters. The van der Waals surface area contributed by atoms with Crippen molar-refractivity contribution in [2.24, 2.45) is 0 Å². The van der Waals surface area contributed by atoms with Crippen molar-refractivity contribution >= 4 is 5.91 Å². The highest BCUT2D eigenvalue weighted by Gasteiger charge is 2.17. The Labute approximate surface area is 120 Å². The molecular weight excluding hydrogens is 252 g/mol. The maximum atomic E-state index is 11.8. The molecule has 4 heteroatoms. The SMILES string of the molecule is COc1ccc([C@H](C)NCC(=O)NC2CCCC2)cc1. The third kappa shape index (κ3) is 4.23. The molecule has 0 aromatic heterocycles. The second-order valence-electron chi connectivity index (χ2n) is 5.42. The zero-order valence-corrected chi connectivity index (χ0v) is 12.3. The number of carbonyl (C=O) groups excluding carboxylic acids is 1. The quantitative estimate of drug-likeness (QED) is 0.839. The normalized spacial score (nSPS) is 16.9. The van der Waals surface area contributed by atoms with Crippen molar-refractivity contribution in [1.82, 2.24) is 10.6 Å². The van der Waals surface area contributed by atoms with Gasteiger partial charge in [0.2, 0.25) is 5.91 Å². The van der Waals surface area contributed by atoms with Gasteiger partial charge in [-0.3, -0.25) is 4.79 Å². The molecule has 0 radical (unpaired) electrons. The summed E-state index contributed by atoms with van der Waals surface area (Å²) in [5.74, 6) is 0.942. The summed E-state index contributed by atoms with van der Waals surface area (Å²) in [5.41, 5.74) is 1.15. The minimum atomic E-state index is 0.0947. The Hall–Kier alpha value is -1.55. The molecule has 1 aliphatic rings. The van der Waals surface area contributed by atoms with E-state index in [1.165, 1.54) is 12.8 Å². The number of amides is 1. The second kappa shape index (κ2) is 7.29. The van der Waals surface area contributed by atoms with Crippen molar-refractivity contribution in [2.45, 2.75) is 44.7 Å². The minimum absolute atomic E-state index is 0.0947. The molecular formula is C16H24N2O2. The predicted molar refractivity (Wildman–Crippen MR) is 79.8 cm³/mol. The summed E-state index contributed by atoms with van der Waals surface area (Å²) in [6.07, 6.45) is 4.72. The lowest BCUT2D eigenvalue weighted by atomic mass is 10.1. The van der Waals surface area contributed by atoms with Gasteiger partial charge in [-0.15, -0.1) is 0 Å². The number of hydrogen-bond donors (Lipinski definition) is 2. The van der Waals surface area contributed by atoms with Crippen LogP contribution in [-0.2, 0) is 4.79 Å². The van der Waals surface area contributed by atoms with Gasteiger partial charge in [0.15, 0.2) is 0 Å².